The maximum Gasteiger partial charge on any atom is 0.143 e. The van der Waals surface area contributed by atoms with E-state index < -0.39 is 0 Å². The highest BCUT2D eigenvalue weighted by Crippen LogP contribution is 1.70. The molecule has 0 heterocycles. The number of aliphatic imine (C=N–C) groups is 1. The first-order valence-corrected chi connectivity index (χ1v) is 2.55. The minimum atomic E-state index is -0.257. The predicted octanol–water partition coefficient (Wildman–Crippen LogP) is 0.0556. The van der Waals surface area contributed by atoms with Gasteiger partial charge >= 0.3 is 0 Å². The quantitative estimate of drug-likeness (QED) is 0.255. The number of nitrogens with zero attached hydrogens (tertiary/aromatic N) is 1. The van der Waals surface area contributed by atoms with E-state index in [9.17, 15) is 0 Å². The van der Waals surface area contributed by atoms with Crippen LogP contribution < -0.4 is 0 Å². The average molecular weight is 133 g/mol. The third-order valence-corrected chi connectivity index (χ3v) is 0.632. The summed E-state index contributed by atoms with van der Waals surface area (Å²) in [5.41, 5.74) is 0. The predicted molar refractivity (Wildman–Crippen MR) is 32.9 cm³/mol. The minimum absolute atomic E-state index is 0.257. The Hall–Kier alpha value is -0.280. The van der Waals surface area contributed by atoms with Gasteiger partial charge in [0.2, 0.25) is 0 Å². The van der Waals surface area contributed by atoms with Crippen LogP contribution in [0.2, 0.25) is 0 Å². The Bertz CT molecular complexity index is 90.0. The van der Waals surface area contributed by atoms with E-state index in [2.05, 4.69) is 27.1 Å². The largest absolute Gasteiger partial charge is 0.371 e. The molecule has 8 heavy (non-hydrogen) atoms. The van der Waals surface area contributed by atoms with E-state index in [1.54, 1.807) is 0 Å². The summed E-state index contributed by atoms with van der Waals surface area (Å²) in [6.07, 6.45) is 0. The summed E-state index contributed by atoms with van der Waals surface area (Å²) in [5, 5.41) is 10.2. The third kappa shape index (κ3) is 5.72. The van der Waals surface area contributed by atoms with E-state index >= 15 is 0 Å². The molecule has 3 nitrogen and oxygen atoms in total. The summed E-state index contributed by atoms with van der Waals surface area (Å²) in [7, 11) is 0. The normalized spacial score (nSPS) is 8.12. The molecule has 0 aromatic heterocycles. The molecule has 0 amide bonds. The summed E-state index contributed by atoms with van der Waals surface area (Å²) >= 11 is 4.27. The van der Waals surface area contributed by atoms with E-state index in [-0.39, 0.29) is 6.79 Å². The van der Waals surface area contributed by atoms with Gasteiger partial charge in [0.1, 0.15) is 6.79 Å². The molecule has 0 unspecified atom stereocenters. The van der Waals surface area contributed by atoms with Crippen LogP contribution >= 0.6 is 12.2 Å². The van der Waals surface area contributed by atoms with Crippen molar-refractivity contribution in [1.82, 2.24) is 0 Å². The lowest BCUT2D eigenvalue weighted by Crippen LogP contribution is -1.97. The second-order valence-electron chi connectivity index (χ2n) is 1.01. The number of hydrogen-bond acceptors (Lipinski definition) is 4. The van der Waals surface area contributed by atoms with Gasteiger partial charge in [-0.15, -0.1) is 0 Å². The maximum atomic E-state index is 8.06. The number of isothiocyanates is 1. The maximum absolute atomic E-state index is 8.06. The van der Waals surface area contributed by atoms with Crippen LogP contribution in [0.25, 0.3) is 0 Å². The van der Waals surface area contributed by atoms with E-state index in [0.29, 0.717) is 13.2 Å². The highest BCUT2D eigenvalue weighted by atomic mass is 32.1. The van der Waals surface area contributed by atoms with Crippen LogP contribution in [0.3, 0.4) is 0 Å². The zero-order valence-corrected chi connectivity index (χ0v) is 5.15. The lowest BCUT2D eigenvalue weighted by molar-refractivity contribution is 0.00286. The lowest BCUT2D eigenvalue weighted by Gasteiger charge is -1.91. The fraction of sp³-hybridized carbons (Fsp3) is 0.750. The van der Waals surface area contributed by atoms with Crippen molar-refractivity contribution in [3.8, 4) is 0 Å². The van der Waals surface area contributed by atoms with Gasteiger partial charge in [-0.3, -0.25) is 0 Å². The summed E-state index contributed by atoms with van der Waals surface area (Å²) in [4.78, 5) is 3.54. The van der Waals surface area contributed by atoms with Gasteiger partial charge in [-0.25, -0.2) is 4.99 Å². The molecule has 0 rings (SSSR count). The molecule has 4 heteroatoms. The first-order chi connectivity index (χ1) is 3.91. The number of ether oxygens (including phenoxy) is 1. The zero-order valence-electron chi connectivity index (χ0n) is 4.33. The van der Waals surface area contributed by atoms with Gasteiger partial charge in [0, 0.05) is 0 Å². The zero-order chi connectivity index (χ0) is 6.24. The Balaban J connectivity index is 2.82. The summed E-state index contributed by atoms with van der Waals surface area (Å²) < 4.78 is 4.51. The third-order valence-electron chi connectivity index (χ3n) is 0.503. The van der Waals surface area contributed by atoms with Crippen LogP contribution in [0.15, 0.2) is 4.99 Å². The fourth-order valence-electron chi connectivity index (χ4n) is 0.220. The van der Waals surface area contributed by atoms with Gasteiger partial charge in [-0.2, -0.15) is 0 Å². The molecule has 0 aromatic carbocycles. The summed E-state index contributed by atoms with van der Waals surface area (Å²) in [5.74, 6) is 0. The topological polar surface area (TPSA) is 41.8 Å². The molecule has 0 radical (unpaired) electrons. The van der Waals surface area contributed by atoms with Crippen LogP contribution in [0.5, 0.6) is 0 Å². The molecular formula is C4H7NO2S. The van der Waals surface area contributed by atoms with Gasteiger partial charge < -0.3 is 9.84 Å². The summed E-state index contributed by atoms with van der Waals surface area (Å²) in [6.45, 7) is 0.622. The first kappa shape index (κ1) is 7.72. The van der Waals surface area contributed by atoms with E-state index in [0.717, 1.165) is 0 Å². The van der Waals surface area contributed by atoms with Crippen molar-refractivity contribution in [2.75, 3.05) is 19.9 Å². The van der Waals surface area contributed by atoms with Crippen molar-refractivity contribution in [3.63, 3.8) is 0 Å². The Morgan fingerprint density at radius 1 is 1.75 bits per heavy atom. The molecule has 0 saturated carbocycles. The van der Waals surface area contributed by atoms with E-state index in [1.807, 2.05) is 0 Å². The van der Waals surface area contributed by atoms with Crippen LogP contribution in [0.4, 0.5) is 0 Å². The molecule has 0 fully saturated rings. The van der Waals surface area contributed by atoms with Crippen molar-refractivity contribution in [2.45, 2.75) is 0 Å². The molecular weight excluding hydrogens is 126 g/mol. The lowest BCUT2D eigenvalue weighted by atomic mass is 10.7. The van der Waals surface area contributed by atoms with Crippen LogP contribution in [-0.4, -0.2) is 30.2 Å². The molecule has 1 N–H and O–H groups in total. The van der Waals surface area contributed by atoms with Crippen LogP contribution in [0.1, 0.15) is 0 Å². The Morgan fingerprint density at radius 2 is 2.50 bits per heavy atom. The van der Waals surface area contributed by atoms with Gasteiger partial charge in [-0.05, 0) is 12.2 Å². The number of aliphatic hydroxyl groups is 1. The number of hydrogen-bond donors (Lipinski definition) is 1. The molecule has 0 spiro atoms. The number of rotatable bonds is 4. The number of thiocarbonyl (C=S) groups is 1. The standard InChI is InChI=1S/C4H7NO2S/c6-4-7-2-1-5-3-8/h6H,1-2,4H2. The average Bonchev–Trinajstić information content (AvgIpc) is 1.81. The molecule has 0 aliphatic carbocycles. The van der Waals surface area contributed by atoms with Crippen LogP contribution in [0, 0.1) is 0 Å². The van der Waals surface area contributed by atoms with Crippen molar-refractivity contribution >= 4 is 17.4 Å². The van der Waals surface area contributed by atoms with Crippen molar-refractivity contribution < 1.29 is 9.84 Å². The fourth-order valence-corrected chi connectivity index (χ4v) is 0.312. The molecule has 0 atom stereocenters. The minimum Gasteiger partial charge on any atom is -0.371 e. The van der Waals surface area contributed by atoms with Crippen molar-refractivity contribution in [2.24, 2.45) is 4.99 Å². The molecule has 0 aliphatic rings. The monoisotopic (exact) mass is 133 g/mol. The Kier molecular flexibility index (Phi) is 6.48. The molecule has 0 aromatic rings. The second kappa shape index (κ2) is 6.72. The smallest absolute Gasteiger partial charge is 0.143 e. The van der Waals surface area contributed by atoms with Gasteiger partial charge in [0.05, 0.1) is 18.3 Å². The molecule has 0 aliphatic heterocycles. The van der Waals surface area contributed by atoms with Crippen molar-refractivity contribution in [3.05, 3.63) is 0 Å². The first-order valence-electron chi connectivity index (χ1n) is 2.14. The van der Waals surface area contributed by atoms with E-state index in [1.165, 1.54) is 0 Å². The van der Waals surface area contributed by atoms with Gasteiger partial charge in [-0.1, -0.05) is 0 Å². The highest BCUT2D eigenvalue weighted by molar-refractivity contribution is 7.78. The Labute approximate surface area is 53.0 Å². The molecule has 0 saturated heterocycles. The molecule has 46 valence electrons. The highest BCUT2D eigenvalue weighted by Gasteiger charge is 1.78. The van der Waals surface area contributed by atoms with Crippen LogP contribution in [-0.2, 0) is 4.74 Å². The summed E-state index contributed by atoms with van der Waals surface area (Å²) in [6, 6.07) is 0. The van der Waals surface area contributed by atoms with Gasteiger partial charge in [0.15, 0.2) is 0 Å². The van der Waals surface area contributed by atoms with Crippen molar-refractivity contribution in [1.29, 1.82) is 0 Å². The SMILES string of the molecule is OCOCCN=C=S. The van der Waals surface area contributed by atoms with Gasteiger partial charge in [0.25, 0.3) is 0 Å². The molecule has 0 bridgehead atoms. The number of aliphatic hydroxyl groups excluding tert-OH is 1. The second-order valence-corrected chi connectivity index (χ2v) is 1.19. The van der Waals surface area contributed by atoms with E-state index in [4.69, 9.17) is 5.11 Å². The Morgan fingerprint density at radius 3 is 3.00 bits per heavy atom.